The fourth-order valence-corrected chi connectivity index (χ4v) is 3.02. The normalized spacial score (nSPS) is 11.3. The molecule has 0 atom stereocenters. The lowest BCUT2D eigenvalue weighted by atomic mass is 10.2. The predicted molar refractivity (Wildman–Crippen MR) is 81.3 cm³/mol. The van der Waals surface area contributed by atoms with Gasteiger partial charge in [-0.2, -0.15) is 0 Å². The van der Waals surface area contributed by atoms with Crippen LogP contribution in [0.3, 0.4) is 0 Å². The van der Waals surface area contributed by atoms with Crippen LogP contribution in [-0.4, -0.2) is 24.4 Å². The first-order valence-corrected chi connectivity index (χ1v) is 8.16. The highest BCUT2D eigenvalue weighted by Crippen LogP contribution is 2.29. The van der Waals surface area contributed by atoms with Crippen LogP contribution in [0.1, 0.15) is 12.5 Å². The molecule has 0 aliphatic carbocycles. The SMILES string of the molecule is CCS(=O)(=O)c1ccccc1NCc1cccc(O)c1O. The lowest BCUT2D eigenvalue weighted by Gasteiger charge is -2.13. The molecule has 0 saturated carbocycles. The molecule has 112 valence electrons. The second-order valence-electron chi connectivity index (χ2n) is 4.54. The van der Waals surface area contributed by atoms with Crippen LogP contribution < -0.4 is 5.32 Å². The number of rotatable bonds is 5. The molecule has 0 spiro atoms. The number of phenols is 2. The van der Waals surface area contributed by atoms with Crippen molar-refractivity contribution < 1.29 is 18.6 Å². The molecule has 0 radical (unpaired) electrons. The van der Waals surface area contributed by atoms with Gasteiger partial charge in [0, 0.05) is 12.1 Å². The van der Waals surface area contributed by atoms with Crippen LogP contribution >= 0.6 is 0 Å². The number of aromatic hydroxyl groups is 2. The quantitative estimate of drug-likeness (QED) is 0.739. The van der Waals surface area contributed by atoms with Gasteiger partial charge in [-0.1, -0.05) is 31.2 Å². The van der Waals surface area contributed by atoms with Crippen molar-refractivity contribution in [1.29, 1.82) is 0 Å². The zero-order valence-corrected chi connectivity index (χ0v) is 12.4. The molecule has 0 aliphatic heterocycles. The molecule has 5 nitrogen and oxygen atoms in total. The van der Waals surface area contributed by atoms with Gasteiger partial charge in [0.15, 0.2) is 21.3 Å². The van der Waals surface area contributed by atoms with Gasteiger partial charge in [-0.3, -0.25) is 0 Å². The molecular weight excluding hydrogens is 290 g/mol. The Morgan fingerprint density at radius 2 is 1.76 bits per heavy atom. The summed E-state index contributed by atoms with van der Waals surface area (Å²) in [5.41, 5.74) is 0.959. The minimum absolute atomic E-state index is 0.0169. The summed E-state index contributed by atoms with van der Waals surface area (Å²) in [6.45, 7) is 1.80. The molecule has 3 N–H and O–H groups in total. The van der Waals surface area contributed by atoms with Gasteiger partial charge in [-0.05, 0) is 18.2 Å². The Morgan fingerprint density at radius 3 is 2.48 bits per heavy atom. The number of benzene rings is 2. The third kappa shape index (κ3) is 3.28. The van der Waals surface area contributed by atoms with E-state index >= 15 is 0 Å². The van der Waals surface area contributed by atoms with Crippen LogP contribution in [-0.2, 0) is 16.4 Å². The summed E-state index contributed by atoms with van der Waals surface area (Å²) in [5.74, 6) is -0.395. The minimum Gasteiger partial charge on any atom is -0.504 e. The van der Waals surface area contributed by atoms with E-state index in [0.717, 1.165) is 0 Å². The molecular formula is C15H17NO4S. The smallest absolute Gasteiger partial charge is 0.180 e. The zero-order chi connectivity index (χ0) is 15.5. The molecule has 6 heteroatoms. The first-order valence-electron chi connectivity index (χ1n) is 6.51. The molecule has 0 heterocycles. The van der Waals surface area contributed by atoms with Crippen molar-refractivity contribution in [3.05, 3.63) is 48.0 Å². The summed E-state index contributed by atoms with van der Waals surface area (Å²) in [5, 5.41) is 22.2. The van der Waals surface area contributed by atoms with Crippen LogP contribution in [0.15, 0.2) is 47.4 Å². The van der Waals surface area contributed by atoms with Gasteiger partial charge in [0.05, 0.1) is 16.3 Å². The Hall–Kier alpha value is -2.21. The lowest BCUT2D eigenvalue weighted by molar-refractivity contribution is 0.400. The van der Waals surface area contributed by atoms with E-state index < -0.39 is 9.84 Å². The first-order chi connectivity index (χ1) is 9.95. The van der Waals surface area contributed by atoms with Crippen molar-refractivity contribution in [1.82, 2.24) is 0 Å². The van der Waals surface area contributed by atoms with Crippen LogP contribution in [0.25, 0.3) is 0 Å². The second kappa shape index (κ2) is 6.05. The lowest BCUT2D eigenvalue weighted by Crippen LogP contribution is -2.09. The van der Waals surface area contributed by atoms with Crippen molar-refractivity contribution in [2.45, 2.75) is 18.4 Å². The second-order valence-corrected chi connectivity index (χ2v) is 6.78. The van der Waals surface area contributed by atoms with Gasteiger partial charge in [0.1, 0.15) is 0 Å². The summed E-state index contributed by atoms with van der Waals surface area (Å²) in [7, 11) is -3.33. The number of hydrogen-bond acceptors (Lipinski definition) is 5. The van der Waals surface area contributed by atoms with E-state index in [4.69, 9.17) is 0 Å². The summed E-state index contributed by atoms with van der Waals surface area (Å²) >= 11 is 0. The third-order valence-corrected chi connectivity index (χ3v) is 4.96. The number of sulfone groups is 1. The number of anilines is 1. The van der Waals surface area contributed by atoms with E-state index in [9.17, 15) is 18.6 Å². The van der Waals surface area contributed by atoms with Gasteiger partial charge >= 0.3 is 0 Å². The highest BCUT2D eigenvalue weighted by atomic mass is 32.2. The minimum atomic E-state index is -3.33. The van der Waals surface area contributed by atoms with Crippen LogP contribution in [0, 0.1) is 0 Å². The Morgan fingerprint density at radius 1 is 1.05 bits per heavy atom. The molecule has 2 rings (SSSR count). The van der Waals surface area contributed by atoms with Crippen LogP contribution in [0.4, 0.5) is 5.69 Å². The summed E-state index contributed by atoms with van der Waals surface area (Å²) < 4.78 is 24.0. The summed E-state index contributed by atoms with van der Waals surface area (Å²) in [6, 6.07) is 11.3. The maximum Gasteiger partial charge on any atom is 0.180 e. The van der Waals surface area contributed by atoms with Crippen molar-refractivity contribution in [3.63, 3.8) is 0 Å². The van der Waals surface area contributed by atoms with E-state index in [2.05, 4.69) is 5.32 Å². The molecule has 0 aromatic heterocycles. The number of para-hydroxylation sites is 2. The molecule has 0 fully saturated rings. The third-order valence-electron chi connectivity index (χ3n) is 3.17. The zero-order valence-electron chi connectivity index (χ0n) is 11.6. The van der Waals surface area contributed by atoms with Gasteiger partial charge in [0.25, 0.3) is 0 Å². The maximum absolute atomic E-state index is 12.0. The van der Waals surface area contributed by atoms with E-state index in [1.165, 1.54) is 6.07 Å². The highest BCUT2D eigenvalue weighted by molar-refractivity contribution is 7.91. The van der Waals surface area contributed by atoms with E-state index in [1.807, 2.05) is 0 Å². The van der Waals surface area contributed by atoms with Crippen LogP contribution in [0.2, 0.25) is 0 Å². The Kier molecular flexibility index (Phi) is 4.37. The van der Waals surface area contributed by atoms with Crippen molar-refractivity contribution in [2.24, 2.45) is 0 Å². The average Bonchev–Trinajstić information content (AvgIpc) is 2.49. The molecule has 0 unspecified atom stereocenters. The van der Waals surface area contributed by atoms with Crippen LogP contribution in [0.5, 0.6) is 11.5 Å². The topological polar surface area (TPSA) is 86.6 Å². The maximum atomic E-state index is 12.0. The molecule has 0 amide bonds. The molecule has 2 aromatic carbocycles. The molecule has 0 aliphatic rings. The fourth-order valence-electron chi connectivity index (χ4n) is 1.95. The fraction of sp³-hybridized carbons (Fsp3) is 0.200. The summed E-state index contributed by atoms with van der Waals surface area (Å²) in [4.78, 5) is 0.229. The largest absolute Gasteiger partial charge is 0.504 e. The van der Waals surface area contributed by atoms with Gasteiger partial charge in [-0.25, -0.2) is 8.42 Å². The predicted octanol–water partition coefficient (Wildman–Crippen LogP) is 2.50. The Balaban J connectivity index is 2.27. The van der Waals surface area contributed by atoms with Crippen molar-refractivity contribution in [2.75, 3.05) is 11.1 Å². The van der Waals surface area contributed by atoms with Crippen molar-refractivity contribution >= 4 is 15.5 Å². The standard InChI is InChI=1S/C15H17NO4S/c1-2-21(19,20)14-9-4-3-7-12(14)16-10-11-6-5-8-13(17)15(11)18/h3-9,16-18H,2,10H2,1H3. The molecule has 0 bridgehead atoms. The van der Waals surface area contributed by atoms with E-state index in [1.54, 1.807) is 43.3 Å². The van der Waals surface area contributed by atoms with E-state index in [0.29, 0.717) is 11.3 Å². The Labute approximate surface area is 123 Å². The summed E-state index contributed by atoms with van der Waals surface area (Å²) in [6.07, 6.45) is 0. The number of phenolic OH excluding ortho intramolecular Hbond substituents is 2. The average molecular weight is 307 g/mol. The molecule has 0 saturated heterocycles. The van der Waals surface area contributed by atoms with Crippen molar-refractivity contribution in [3.8, 4) is 11.5 Å². The Bertz CT molecular complexity index is 741. The number of hydrogen-bond donors (Lipinski definition) is 3. The molecule has 21 heavy (non-hydrogen) atoms. The first kappa shape index (κ1) is 15.2. The highest BCUT2D eigenvalue weighted by Gasteiger charge is 2.16. The van der Waals surface area contributed by atoms with Gasteiger partial charge < -0.3 is 15.5 Å². The van der Waals surface area contributed by atoms with Gasteiger partial charge in [-0.15, -0.1) is 0 Å². The molecule has 2 aromatic rings. The number of nitrogens with one attached hydrogen (secondary N) is 1. The van der Waals surface area contributed by atoms with E-state index in [-0.39, 0.29) is 28.7 Å². The van der Waals surface area contributed by atoms with Gasteiger partial charge in [0.2, 0.25) is 0 Å². The monoisotopic (exact) mass is 307 g/mol.